The first-order valence-corrected chi connectivity index (χ1v) is 8.36. The van der Waals surface area contributed by atoms with E-state index in [-0.39, 0.29) is 0 Å². The highest BCUT2D eigenvalue weighted by molar-refractivity contribution is 5.82. The number of nitrogens with two attached hydrogens (primary N) is 1. The summed E-state index contributed by atoms with van der Waals surface area (Å²) in [6.07, 6.45) is 2.13. The van der Waals surface area contributed by atoms with Crippen LogP contribution in [-0.4, -0.2) is 23.2 Å². The SMILES string of the molecule is CCCCOc1ccc(-c2nc3ccc(N)cc3[nH]2)cc1OCC. The first kappa shape index (κ1) is 16.2. The van der Waals surface area contributed by atoms with Crippen molar-refractivity contribution >= 4 is 16.7 Å². The van der Waals surface area contributed by atoms with Gasteiger partial charge in [0.2, 0.25) is 0 Å². The summed E-state index contributed by atoms with van der Waals surface area (Å²) in [5.41, 5.74) is 9.31. The zero-order valence-corrected chi connectivity index (χ0v) is 14.1. The molecule has 0 aliphatic rings. The minimum absolute atomic E-state index is 0.588. The van der Waals surface area contributed by atoms with E-state index in [2.05, 4.69) is 16.9 Å². The van der Waals surface area contributed by atoms with Crippen LogP contribution in [0.3, 0.4) is 0 Å². The number of hydrogen-bond donors (Lipinski definition) is 2. The Balaban J connectivity index is 1.92. The molecule has 0 amide bonds. The first-order valence-electron chi connectivity index (χ1n) is 8.36. The van der Waals surface area contributed by atoms with Crippen molar-refractivity contribution < 1.29 is 9.47 Å². The molecule has 0 saturated carbocycles. The van der Waals surface area contributed by atoms with Gasteiger partial charge in [0, 0.05) is 11.3 Å². The average Bonchev–Trinajstić information content (AvgIpc) is 2.99. The molecule has 3 rings (SSSR count). The van der Waals surface area contributed by atoms with Crippen LogP contribution in [0.2, 0.25) is 0 Å². The Morgan fingerprint density at radius 3 is 2.71 bits per heavy atom. The molecule has 3 N–H and O–H groups in total. The lowest BCUT2D eigenvalue weighted by Gasteiger charge is -2.12. The van der Waals surface area contributed by atoms with E-state index in [1.54, 1.807) is 0 Å². The third-order valence-corrected chi connectivity index (χ3v) is 3.78. The maximum atomic E-state index is 5.83. The number of H-pyrrole nitrogens is 1. The molecule has 3 aromatic rings. The normalized spacial score (nSPS) is 10.9. The molecule has 5 nitrogen and oxygen atoms in total. The zero-order valence-electron chi connectivity index (χ0n) is 14.1. The summed E-state index contributed by atoms with van der Waals surface area (Å²) in [5.74, 6) is 2.30. The summed E-state index contributed by atoms with van der Waals surface area (Å²) >= 11 is 0. The number of nitrogens with one attached hydrogen (secondary N) is 1. The van der Waals surface area contributed by atoms with Gasteiger partial charge < -0.3 is 20.2 Å². The van der Waals surface area contributed by atoms with Crippen molar-refractivity contribution in [1.82, 2.24) is 9.97 Å². The smallest absolute Gasteiger partial charge is 0.161 e. The van der Waals surface area contributed by atoms with Crippen LogP contribution in [-0.2, 0) is 0 Å². The molecular formula is C19H23N3O2. The predicted octanol–water partition coefficient (Wildman–Crippen LogP) is 4.39. The molecule has 5 heteroatoms. The van der Waals surface area contributed by atoms with Crippen molar-refractivity contribution in [2.45, 2.75) is 26.7 Å². The molecule has 0 spiro atoms. The zero-order chi connectivity index (χ0) is 16.9. The number of hydrogen-bond acceptors (Lipinski definition) is 4. The lowest BCUT2D eigenvalue weighted by Crippen LogP contribution is -2.01. The maximum absolute atomic E-state index is 5.83. The highest BCUT2D eigenvalue weighted by atomic mass is 16.5. The van der Waals surface area contributed by atoms with E-state index >= 15 is 0 Å². The summed E-state index contributed by atoms with van der Waals surface area (Å²) in [6.45, 7) is 5.39. The monoisotopic (exact) mass is 325 g/mol. The second-order valence-corrected chi connectivity index (χ2v) is 5.66. The van der Waals surface area contributed by atoms with E-state index in [9.17, 15) is 0 Å². The Hall–Kier alpha value is -2.69. The molecule has 0 aliphatic heterocycles. The van der Waals surface area contributed by atoms with Crippen LogP contribution >= 0.6 is 0 Å². The van der Waals surface area contributed by atoms with Crippen LogP contribution in [0.15, 0.2) is 36.4 Å². The van der Waals surface area contributed by atoms with Gasteiger partial charge in [0.05, 0.1) is 24.2 Å². The standard InChI is InChI=1S/C19H23N3O2/c1-3-5-10-24-17-9-6-13(11-18(17)23-4-2)19-21-15-8-7-14(20)12-16(15)22-19/h6-9,11-12H,3-5,10,20H2,1-2H3,(H,21,22). The quantitative estimate of drug-likeness (QED) is 0.499. The molecule has 2 aromatic carbocycles. The third kappa shape index (κ3) is 3.45. The van der Waals surface area contributed by atoms with Gasteiger partial charge >= 0.3 is 0 Å². The number of nitrogens with zero attached hydrogens (tertiary/aromatic N) is 1. The molecule has 0 unspecified atom stereocenters. The Morgan fingerprint density at radius 2 is 1.92 bits per heavy atom. The minimum Gasteiger partial charge on any atom is -0.490 e. The number of fused-ring (bicyclic) bond motifs is 1. The van der Waals surface area contributed by atoms with E-state index < -0.39 is 0 Å². The van der Waals surface area contributed by atoms with Crippen molar-refractivity contribution in [3.63, 3.8) is 0 Å². The molecule has 0 aliphatic carbocycles. The van der Waals surface area contributed by atoms with Crippen molar-refractivity contribution in [2.24, 2.45) is 0 Å². The molecule has 126 valence electrons. The van der Waals surface area contributed by atoms with Crippen molar-refractivity contribution in [3.8, 4) is 22.9 Å². The second-order valence-electron chi connectivity index (χ2n) is 5.66. The van der Waals surface area contributed by atoms with Crippen LogP contribution in [0, 0.1) is 0 Å². The first-order chi connectivity index (χ1) is 11.7. The Bertz CT molecular complexity index is 827. The Kier molecular flexibility index (Phi) is 4.89. The van der Waals surface area contributed by atoms with Gasteiger partial charge in [-0.2, -0.15) is 0 Å². The van der Waals surface area contributed by atoms with E-state index in [0.29, 0.717) is 18.9 Å². The van der Waals surface area contributed by atoms with Crippen molar-refractivity contribution in [1.29, 1.82) is 0 Å². The van der Waals surface area contributed by atoms with Crippen LogP contribution in [0.1, 0.15) is 26.7 Å². The van der Waals surface area contributed by atoms with Crippen LogP contribution in [0.25, 0.3) is 22.4 Å². The molecule has 0 fully saturated rings. The van der Waals surface area contributed by atoms with E-state index in [4.69, 9.17) is 15.2 Å². The summed E-state index contributed by atoms with van der Waals surface area (Å²) in [6, 6.07) is 11.5. The van der Waals surface area contributed by atoms with Crippen molar-refractivity contribution in [2.75, 3.05) is 18.9 Å². The fraction of sp³-hybridized carbons (Fsp3) is 0.316. The summed E-state index contributed by atoms with van der Waals surface area (Å²) in [5, 5.41) is 0. The molecule has 0 radical (unpaired) electrons. The third-order valence-electron chi connectivity index (χ3n) is 3.78. The number of nitrogen functional groups attached to an aromatic ring is 1. The van der Waals surface area contributed by atoms with Gasteiger partial charge in [-0.3, -0.25) is 0 Å². The second kappa shape index (κ2) is 7.25. The minimum atomic E-state index is 0.588. The summed E-state index contributed by atoms with van der Waals surface area (Å²) in [7, 11) is 0. The summed E-state index contributed by atoms with van der Waals surface area (Å²) in [4.78, 5) is 7.93. The van der Waals surface area contributed by atoms with Gasteiger partial charge in [-0.15, -0.1) is 0 Å². The number of benzene rings is 2. The van der Waals surface area contributed by atoms with Crippen LogP contribution in [0.4, 0.5) is 5.69 Å². The largest absolute Gasteiger partial charge is 0.490 e. The number of aromatic amines is 1. The van der Waals surface area contributed by atoms with Gasteiger partial charge in [-0.1, -0.05) is 13.3 Å². The van der Waals surface area contributed by atoms with Crippen LogP contribution in [0.5, 0.6) is 11.5 Å². The number of rotatable bonds is 7. The fourth-order valence-corrected chi connectivity index (χ4v) is 2.53. The van der Waals surface area contributed by atoms with Gasteiger partial charge in [-0.05, 0) is 49.7 Å². The molecule has 0 bridgehead atoms. The highest BCUT2D eigenvalue weighted by Crippen LogP contribution is 2.33. The molecule has 1 aromatic heterocycles. The number of aromatic nitrogens is 2. The Labute approximate surface area is 141 Å². The van der Waals surface area contributed by atoms with Crippen molar-refractivity contribution in [3.05, 3.63) is 36.4 Å². The molecule has 0 atom stereocenters. The number of ether oxygens (including phenoxy) is 2. The lowest BCUT2D eigenvalue weighted by molar-refractivity contribution is 0.273. The van der Waals surface area contributed by atoms with Crippen LogP contribution < -0.4 is 15.2 Å². The maximum Gasteiger partial charge on any atom is 0.161 e. The van der Waals surface area contributed by atoms with Gasteiger partial charge in [0.15, 0.2) is 11.5 Å². The topological polar surface area (TPSA) is 73.2 Å². The molecule has 24 heavy (non-hydrogen) atoms. The lowest BCUT2D eigenvalue weighted by atomic mass is 10.2. The van der Waals surface area contributed by atoms with Gasteiger partial charge in [0.1, 0.15) is 5.82 Å². The fourth-order valence-electron chi connectivity index (χ4n) is 2.53. The highest BCUT2D eigenvalue weighted by Gasteiger charge is 2.11. The number of anilines is 1. The van der Waals surface area contributed by atoms with E-state index in [1.165, 1.54) is 0 Å². The van der Waals surface area contributed by atoms with Gasteiger partial charge in [0.25, 0.3) is 0 Å². The van der Waals surface area contributed by atoms with E-state index in [1.807, 2.05) is 43.3 Å². The molecule has 1 heterocycles. The van der Waals surface area contributed by atoms with Gasteiger partial charge in [-0.25, -0.2) is 4.98 Å². The Morgan fingerprint density at radius 1 is 1.04 bits per heavy atom. The predicted molar refractivity (Wildman–Crippen MR) is 97.5 cm³/mol. The molecular weight excluding hydrogens is 302 g/mol. The van der Waals surface area contributed by atoms with E-state index in [0.717, 1.165) is 46.8 Å². The molecule has 0 saturated heterocycles. The average molecular weight is 325 g/mol. The number of unbranched alkanes of at least 4 members (excludes halogenated alkanes) is 1. The summed E-state index contributed by atoms with van der Waals surface area (Å²) < 4.78 is 11.6. The number of imidazole rings is 1.